The van der Waals surface area contributed by atoms with Crippen molar-refractivity contribution in [3.8, 4) is 33.6 Å². The van der Waals surface area contributed by atoms with Crippen LogP contribution >= 0.6 is 15.9 Å². The lowest BCUT2D eigenvalue weighted by Gasteiger charge is -2.34. The van der Waals surface area contributed by atoms with E-state index in [2.05, 4.69) is 63.0 Å². The van der Waals surface area contributed by atoms with Gasteiger partial charge in [0.15, 0.2) is 11.8 Å². The molecule has 1 aliphatic heterocycles. The largest absolute Gasteiger partial charge is 0.472 e. The number of carbonyl (C=O) groups is 1. The maximum absolute atomic E-state index is 12.4. The molecule has 0 amide bonds. The van der Waals surface area contributed by atoms with E-state index < -0.39 is 5.54 Å². The van der Waals surface area contributed by atoms with Gasteiger partial charge in [0.2, 0.25) is 5.82 Å². The maximum Gasteiger partial charge on any atom is 0.205 e. The molecule has 3 aliphatic rings. The summed E-state index contributed by atoms with van der Waals surface area (Å²) in [6.07, 6.45) is 6.54. The predicted octanol–water partition coefficient (Wildman–Crippen LogP) is 9.55. The number of aromatic nitrogens is 6. The highest BCUT2D eigenvalue weighted by atomic mass is 79.9. The van der Waals surface area contributed by atoms with E-state index in [0.717, 1.165) is 85.2 Å². The van der Waals surface area contributed by atoms with E-state index in [0.29, 0.717) is 24.0 Å². The van der Waals surface area contributed by atoms with E-state index in [1.807, 2.05) is 85.8 Å². The molecule has 0 atom stereocenters. The number of tetrazole rings is 1. The summed E-state index contributed by atoms with van der Waals surface area (Å²) in [4.78, 5) is 19.1. The molecule has 3 heterocycles. The van der Waals surface area contributed by atoms with Crippen LogP contribution < -0.4 is 0 Å². The minimum absolute atomic E-state index is 0.362. The third kappa shape index (κ3) is 5.14. The fourth-order valence-corrected chi connectivity index (χ4v) is 8.39. The van der Waals surface area contributed by atoms with Gasteiger partial charge in [-0.25, -0.2) is 4.98 Å². The van der Waals surface area contributed by atoms with Gasteiger partial charge in [0.25, 0.3) is 0 Å². The Bertz CT molecular complexity index is 2400. The highest BCUT2D eigenvalue weighted by molar-refractivity contribution is 9.10. The summed E-state index contributed by atoms with van der Waals surface area (Å²) >= 11 is 3.97. The van der Waals surface area contributed by atoms with Gasteiger partial charge in [-0.1, -0.05) is 115 Å². The number of hydrogen-bond donors (Lipinski definition) is 0. The molecule has 254 valence electrons. The average molecular weight is 746 g/mol. The molecule has 52 heavy (non-hydrogen) atoms. The number of imidazole rings is 1. The summed E-state index contributed by atoms with van der Waals surface area (Å²) in [7, 11) is 0. The van der Waals surface area contributed by atoms with Crippen molar-refractivity contribution in [1.82, 2.24) is 29.8 Å². The monoisotopic (exact) mass is 744 g/mol. The smallest absolute Gasteiger partial charge is 0.205 e. The average Bonchev–Trinajstić information content (AvgIpc) is 3.75. The van der Waals surface area contributed by atoms with Crippen LogP contribution in [0, 0.1) is 6.92 Å². The number of aryl methyl sites for hydroxylation is 1. The summed E-state index contributed by atoms with van der Waals surface area (Å²) in [6.45, 7) is 2.38. The Morgan fingerprint density at radius 3 is 1.98 bits per heavy atom. The van der Waals surface area contributed by atoms with Crippen LogP contribution in [0.5, 0.6) is 0 Å². The van der Waals surface area contributed by atoms with E-state index in [1.165, 1.54) is 0 Å². The van der Waals surface area contributed by atoms with Crippen molar-refractivity contribution in [1.29, 1.82) is 0 Å². The zero-order valence-corrected chi connectivity index (χ0v) is 29.9. The Labute approximate surface area is 309 Å². The molecule has 1 fully saturated rings. The fraction of sp³-hybridized carbons (Fsp3) is 0.140. The van der Waals surface area contributed by atoms with Crippen molar-refractivity contribution in [2.45, 2.75) is 37.8 Å². The number of aldehydes is 1. The SMILES string of the molecule is Cc1nc(C2CC2)n(Cc2c3ccocc-3c(Br)c2-c2ccccc2-c2nnn(C(c3ccccc3)(c3ccccc3)c3ccccc3)n2)c1C=O. The Morgan fingerprint density at radius 1 is 0.788 bits per heavy atom. The maximum atomic E-state index is 12.4. The number of hydrogen-bond acceptors (Lipinski definition) is 6. The molecule has 6 aromatic rings. The molecule has 0 unspecified atom stereocenters. The molecule has 2 aliphatic carbocycles. The molecule has 9 heteroatoms. The Morgan fingerprint density at radius 2 is 1.38 bits per heavy atom. The predicted molar refractivity (Wildman–Crippen MR) is 203 cm³/mol. The van der Waals surface area contributed by atoms with E-state index in [4.69, 9.17) is 24.8 Å². The Kier molecular flexibility index (Phi) is 8.00. The lowest BCUT2D eigenvalue weighted by atomic mass is 9.77. The normalized spacial score (nSPS) is 13.1. The number of halogens is 1. The number of fused-ring (bicyclic) bond motifs is 1. The second-order valence-electron chi connectivity index (χ2n) is 13.2. The second-order valence-corrected chi connectivity index (χ2v) is 14.0. The summed E-state index contributed by atoms with van der Waals surface area (Å²) in [5.74, 6) is 1.82. The van der Waals surface area contributed by atoms with Crippen molar-refractivity contribution in [2.75, 3.05) is 0 Å². The van der Waals surface area contributed by atoms with Gasteiger partial charge in [-0.15, -0.1) is 15.0 Å². The lowest BCUT2D eigenvalue weighted by Crippen LogP contribution is -2.39. The number of nitrogens with zero attached hydrogens (tertiary/aromatic N) is 6. The van der Waals surface area contributed by atoms with E-state index >= 15 is 0 Å². The van der Waals surface area contributed by atoms with Crippen LogP contribution in [0.3, 0.4) is 0 Å². The van der Waals surface area contributed by atoms with Crippen molar-refractivity contribution in [3.05, 3.63) is 178 Å². The van der Waals surface area contributed by atoms with E-state index in [1.54, 1.807) is 17.3 Å². The summed E-state index contributed by atoms with van der Waals surface area (Å²) in [5.41, 5.74) is 9.23. The van der Waals surface area contributed by atoms with Gasteiger partial charge in [-0.2, -0.15) is 0 Å². The standard InChI is InChI=1S/C43H33BrN6O2/c1-28-38(26-51)49(42(45-28)29-21-22-29)25-36-33-23-24-52-27-37(33)40(44)39(36)34-19-11-12-20-35(34)41-46-48-50(47-41)43(30-13-5-2-6-14-30,31-15-7-3-8-16-31)32-17-9-4-10-18-32/h2-20,23-24,26-27,29H,21-22,25H2,1H3. The first-order chi connectivity index (χ1) is 25.6. The quantitative estimate of drug-likeness (QED) is 0.102. The first kappa shape index (κ1) is 32.0. The molecule has 8 nitrogen and oxygen atoms in total. The highest BCUT2D eigenvalue weighted by Crippen LogP contribution is 2.49. The third-order valence-electron chi connectivity index (χ3n) is 10.2. The van der Waals surface area contributed by atoms with Crippen LogP contribution in [0.25, 0.3) is 33.6 Å². The topological polar surface area (TPSA) is 91.6 Å². The van der Waals surface area contributed by atoms with Gasteiger partial charge in [-0.05, 0) is 80.4 Å². The first-order valence-corrected chi connectivity index (χ1v) is 18.1. The van der Waals surface area contributed by atoms with Crippen molar-refractivity contribution in [2.24, 2.45) is 0 Å². The van der Waals surface area contributed by atoms with Crippen LogP contribution in [0.15, 0.2) is 143 Å². The van der Waals surface area contributed by atoms with Gasteiger partial charge in [-0.3, -0.25) is 4.79 Å². The van der Waals surface area contributed by atoms with Gasteiger partial charge >= 0.3 is 0 Å². The van der Waals surface area contributed by atoms with Crippen LogP contribution in [0.2, 0.25) is 0 Å². The van der Waals surface area contributed by atoms with Gasteiger partial charge in [0.1, 0.15) is 11.5 Å². The van der Waals surface area contributed by atoms with E-state index in [-0.39, 0.29) is 0 Å². The molecule has 0 spiro atoms. The van der Waals surface area contributed by atoms with Crippen LogP contribution in [-0.2, 0) is 12.1 Å². The van der Waals surface area contributed by atoms with Crippen molar-refractivity contribution < 1.29 is 9.21 Å². The molecule has 0 radical (unpaired) electrons. The highest BCUT2D eigenvalue weighted by Gasteiger charge is 2.41. The minimum atomic E-state index is -0.907. The molecule has 2 aromatic heterocycles. The van der Waals surface area contributed by atoms with Crippen LogP contribution in [0.4, 0.5) is 0 Å². The van der Waals surface area contributed by atoms with Gasteiger partial charge < -0.3 is 8.98 Å². The zero-order valence-electron chi connectivity index (χ0n) is 28.4. The second kappa shape index (κ2) is 13.0. The molecule has 0 bridgehead atoms. The third-order valence-corrected chi connectivity index (χ3v) is 11.0. The molecule has 9 rings (SSSR count). The molecule has 4 aromatic carbocycles. The van der Waals surface area contributed by atoms with Crippen LogP contribution in [0.1, 0.15) is 63.0 Å². The zero-order chi connectivity index (χ0) is 35.2. The molecular formula is C43H33BrN6O2. The molecule has 0 N–H and O–H groups in total. The first-order valence-electron chi connectivity index (χ1n) is 17.3. The minimum Gasteiger partial charge on any atom is -0.472 e. The van der Waals surface area contributed by atoms with Crippen molar-refractivity contribution in [3.63, 3.8) is 0 Å². The van der Waals surface area contributed by atoms with E-state index in [9.17, 15) is 4.79 Å². The fourth-order valence-electron chi connectivity index (χ4n) is 7.63. The molecular weight excluding hydrogens is 712 g/mol. The van der Waals surface area contributed by atoms with Gasteiger partial charge in [0.05, 0.1) is 24.8 Å². The van der Waals surface area contributed by atoms with Gasteiger partial charge in [0, 0.05) is 27.1 Å². The lowest BCUT2D eigenvalue weighted by molar-refractivity contribution is 0.111. The van der Waals surface area contributed by atoms with Crippen LogP contribution in [-0.4, -0.2) is 36.0 Å². The molecule has 1 saturated carbocycles. The number of rotatable bonds is 10. The Balaban J connectivity index is 1.25. The molecule has 0 saturated heterocycles. The summed E-state index contributed by atoms with van der Waals surface area (Å²) < 4.78 is 8.68. The Hall–Kier alpha value is -5.93. The van der Waals surface area contributed by atoms with Crippen molar-refractivity contribution >= 4 is 22.2 Å². The summed E-state index contributed by atoms with van der Waals surface area (Å²) in [6, 6.07) is 41.1. The summed E-state index contributed by atoms with van der Waals surface area (Å²) in [5, 5.41) is 14.9. The number of carbonyl (C=O) groups excluding carboxylic acids is 1. The number of benzene rings is 4.